The maximum Gasteiger partial charge on any atom is 0.239 e. The molecule has 1 fully saturated rings. The van der Waals surface area contributed by atoms with Crippen LogP contribution < -0.4 is 10.2 Å². The molecule has 4 heteroatoms. The highest BCUT2D eigenvalue weighted by molar-refractivity contribution is 6.10. The highest BCUT2D eigenvalue weighted by Crippen LogP contribution is 2.28. The van der Waals surface area contributed by atoms with Crippen LogP contribution >= 0.6 is 0 Å². The summed E-state index contributed by atoms with van der Waals surface area (Å²) in [5.41, 5.74) is 1.88. The van der Waals surface area contributed by atoms with Crippen molar-refractivity contribution in [3.05, 3.63) is 78.4 Å². The van der Waals surface area contributed by atoms with Crippen LogP contribution in [0.3, 0.4) is 0 Å². The van der Waals surface area contributed by atoms with Crippen LogP contribution in [0.15, 0.2) is 72.8 Å². The molecule has 2 unspecified atom stereocenters. The predicted molar refractivity (Wildman–Crippen MR) is 107 cm³/mol. The summed E-state index contributed by atoms with van der Waals surface area (Å²) in [7, 11) is 0. The van der Waals surface area contributed by atoms with E-state index in [1.165, 1.54) is 0 Å². The third-order valence-corrected chi connectivity index (χ3v) is 5.23. The van der Waals surface area contributed by atoms with Gasteiger partial charge in [0.2, 0.25) is 11.8 Å². The first-order valence-corrected chi connectivity index (χ1v) is 9.29. The number of carbonyl (C=O) groups is 2. The molecule has 1 aliphatic heterocycles. The number of anilines is 1. The minimum Gasteiger partial charge on any atom is -0.349 e. The van der Waals surface area contributed by atoms with Crippen molar-refractivity contribution in [3.63, 3.8) is 0 Å². The summed E-state index contributed by atoms with van der Waals surface area (Å²) in [5.74, 6) is -0.940. The molecule has 0 bridgehead atoms. The normalized spacial score (nSPS) is 17.9. The number of carbonyl (C=O) groups excluding carboxylic acids is 2. The van der Waals surface area contributed by atoms with Gasteiger partial charge in [-0.3, -0.25) is 9.59 Å². The predicted octanol–water partition coefficient (Wildman–Crippen LogP) is 4.07. The Bertz CT molecular complexity index is 984. The second-order valence-electron chi connectivity index (χ2n) is 7.00. The van der Waals surface area contributed by atoms with Crippen LogP contribution in [0.2, 0.25) is 0 Å². The van der Waals surface area contributed by atoms with Gasteiger partial charge in [-0.1, -0.05) is 60.7 Å². The molecule has 2 atom stereocenters. The zero-order valence-corrected chi connectivity index (χ0v) is 15.3. The first kappa shape index (κ1) is 17.3. The maximum absolute atomic E-state index is 12.9. The number of benzene rings is 3. The minimum absolute atomic E-state index is 0.122. The first-order valence-electron chi connectivity index (χ1n) is 9.29. The fourth-order valence-corrected chi connectivity index (χ4v) is 3.66. The number of fused-ring (bicyclic) bond motifs is 1. The van der Waals surface area contributed by atoms with Gasteiger partial charge < -0.3 is 10.2 Å². The molecule has 0 radical (unpaired) electrons. The Balaban J connectivity index is 1.48. The van der Waals surface area contributed by atoms with E-state index in [4.69, 9.17) is 0 Å². The summed E-state index contributed by atoms with van der Waals surface area (Å²) in [4.78, 5) is 27.3. The Hall–Kier alpha value is -3.14. The minimum atomic E-state index is -0.623. The Labute approximate surface area is 158 Å². The third kappa shape index (κ3) is 3.43. The second kappa shape index (κ2) is 7.23. The van der Waals surface area contributed by atoms with Crippen molar-refractivity contribution in [2.75, 3.05) is 11.4 Å². The number of nitrogens with zero attached hydrogens (tertiary/aromatic N) is 1. The average molecular weight is 358 g/mol. The fourth-order valence-electron chi connectivity index (χ4n) is 3.66. The molecule has 0 aliphatic carbocycles. The van der Waals surface area contributed by atoms with E-state index >= 15 is 0 Å². The Morgan fingerprint density at radius 1 is 1.00 bits per heavy atom. The molecule has 1 heterocycles. The molecule has 4 rings (SSSR count). The molecule has 0 aromatic heterocycles. The van der Waals surface area contributed by atoms with E-state index < -0.39 is 5.92 Å². The number of nitrogens with one attached hydrogen (secondary N) is 1. The molecule has 0 spiro atoms. The lowest BCUT2D eigenvalue weighted by Gasteiger charge is -2.19. The van der Waals surface area contributed by atoms with Gasteiger partial charge in [0.05, 0.1) is 6.04 Å². The fraction of sp³-hybridized carbons (Fsp3) is 0.217. The molecule has 0 saturated carbocycles. The van der Waals surface area contributed by atoms with E-state index in [1.807, 2.05) is 79.7 Å². The van der Waals surface area contributed by atoms with Crippen LogP contribution in [0.25, 0.3) is 10.8 Å². The quantitative estimate of drug-likeness (QED) is 0.715. The van der Waals surface area contributed by atoms with Crippen molar-refractivity contribution in [1.82, 2.24) is 5.32 Å². The summed E-state index contributed by atoms with van der Waals surface area (Å²) in [6.45, 7) is 2.50. The highest BCUT2D eigenvalue weighted by atomic mass is 16.2. The molecule has 1 saturated heterocycles. The van der Waals surface area contributed by atoms with Crippen LogP contribution in [0.4, 0.5) is 5.69 Å². The molecular weight excluding hydrogens is 336 g/mol. The molecule has 2 amide bonds. The summed E-state index contributed by atoms with van der Waals surface area (Å²) in [6.07, 6.45) is 0.541. The summed E-state index contributed by atoms with van der Waals surface area (Å²) < 4.78 is 0. The standard InChI is InChI=1S/C23H22N2O2/c1-16(17-7-3-2-4-8-17)24-22(26)21-13-14-25(23(21)27)20-12-11-18-9-5-6-10-19(18)15-20/h2-12,15-16,21H,13-14H2,1H3,(H,24,26). The summed E-state index contributed by atoms with van der Waals surface area (Å²) in [6, 6.07) is 23.7. The van der Waals surface area contributed by atoms with E-state index in [0.29, 0.717) is 13.0 Å². The molecular formula is C23H22N2O2. The number of hydrogen-bond donors (Lipinski definition) is 1. The van der Waals surface area contributed by atoms with Crippen molar-refractivity contribution >= 4 is 28.3 Å². The van der Waals surface area contributed by atoms with E-state index in [1.54, 1.807) is 4.90 Å². The van der Waals surface area contributed by atoms with Crippen LogP contribution in [-0.2, 0) is 9.59 Å². The molecule has 3 aromatic rings. The topological polar surface area (TPSA) is 49.4 Å². The van der Waals surface area contributed by atoms with Gasteiger partial charge in [-0.15, -0.1) is 0 Å². The van der Waals surface area contributed by atoms with Crippen molar-refractivity contribution in [3.8, 4) is 0 Å². The van der Waals surface area contributed by atoms with Crippen LogP contribution in [0, 0.1) is 5.92 Å². The monoisotopic (exact) mass is 358 g/mol. The number of hydrogen-bond acceptors (Lipinski definition) is 2. The van der Waals surface area contributed by atoms with Gasteiger partial charge >= 0.3 is 0 Å². The molecule has 27 heavy (non-hydrogen) atoms. The third-order valence-electron chi connectivity index (χ3n) is 5.23. The molecule has 3 aromatic carbocycles. The largest absolute Gasteiger partial charge is 0.349 e. The van der Waals surface area contributed by atoms with Crippen molar-refractivity contribution in [2.24, 2.45) is 5.92 Å². The average Bonchev–Trinajstić information content (AvgIpc) is 3.09. The van der Waals surface area contributed by atoms with E-state index in [0.717, 1.165) is 22.0 Å². The SMILES string of the molecule is CC(NC(=O)C1CCN(c2ccc3ccccc3c2)C1=O)c1ccccc1. The van der Waals surface area contributed by atoms with E-state index in [2.05, 4.69) is 5.32 Å². The van der Waals surface area contributed by atoms with Gasteiger partial charge in [0.15, 0.2) is 0 Å². The lowest BCUT2D eigenvalue weighted by molar-refractivity contribution is -0.132. The lowest BCUT2D eigenvalue weighted by Crippen LogP contribution is -2.38. The smallest absolute Gasteiger partial charge is 0.239 e. The zero-order valence-electron chi connectivity index (χ0n) is 15.3. The first-order chi connectivity index (χ1) is 13.1. The zero-order chi connectivity index (χ0) is 18.8. The van der Waals surface area contributed by atoms with Crippen LogP contribution in [-0.4, -0.2) is 18.4 Å². The summed E-state index contributed by atoms with van der Waals surface area (Å²) in [5, 5.41) is 5.21. The van der Waals surface area contributed by atoms with Crippen molar-refractivity contribution < 1.29 is 9.59 Å². The molecule has 1 N–H and O–H groups in total. The number of rotatable bonds is 4. The van der Waals surface area contributed by atoms with Crippen molar-refractivity contribution in [1.29, 1.82) is 0 Å². The van der Waals surface area contributed by atoms with Crippen LogP contribution in [0.1, 0.15) is 24.9 Å². The summed E-state index contributed by atoms with van der Waals surface area (Å²) >= 11 is 0. The maximum atomic E-state index is 12.9. The Morgan fingerprint density at radius 3 is 2.48 bits per heavy atom. The van der Waals surface area contributed by atoms with Gasteiger partial charge in [0.1, 0.15) is 5.92 Å². The van der Waals surface area contributed by atoms with Gasteiger partial charge in [0.25, 0.3) is 0 Å². The highest BCUT2D eigenvalue weighted by Gasteiger charge is 2.38. The van der Waals surface area contributed by atoms with Gasteiger partial charge in [-0.25, -0.2) is 0 Å². The van der Waals surface area contributed by atoms with E-state index in [-0.39, 0.29) is 17.9 Å². The van der Waals surface area contributed by atoms with E-state index in [9.17, 15) is 9.59 Å². The molecule has 136 valence electrons. The van der Waals surface area contributed by atoms with Crippen molar-refractivity contribution in [2.45, 2.75) is 19.4 Å². The number of amides is 2. The van der Waals surface area contributed by atoms with Gasteiger partial charge in [-0.2, -0.15) is 0 Å². The van der Waals surface area contributed by atoms with Gasteiger partial charge in [-0.05, 0) is 41.8 Å². The molecule has 4 nitrogen and oxygen atoms in total. The molecule has 1 aliphatic rings. The Morgan fingerprint density at radius 2 is 1.70 bits per heavy atom. The lowest BCUT2D eigenvalue weighted by atomic mass is 10.0. The Kier molecular flexibility index (Phi) is 4.63. The van der Waals surface area contributed by atoms with Gasteiger partial charge in [0, 0.05) is 12.2 Å². The van der Waals surface area contributed by atoms with Crippen LogP contribution in [0.5, 0.6) is 0 Å². The second-order valence-corrected chi connectivity index (χ2v) is 7.00.